The summed E-state index contributed by atoms with van der Waals surface area (Å²) in [4.78, 5) is 12.7. The average molecular weight is 480 g/mol. The monoisotopic (exact) mass is 480 g/mol. The van der Waals surface area contributed by atoms with Crippen molar-refractivity contribution >= 4 is 5.91 Å². The summed E-state index contributed by atoms with van der Waals surface area (Å²) in [5.41, 5.74) is 0.294. The Morgan fingerprint density at radius 2 is 2.09 bits per heavy atom. The number of ether oxygens (including phenoxy) is 2. The van der Waals surface area contributed by atoms with Crippen LogP contribution in [0.5, 0.6) is 0 Å². The number of rotatable bonds is 6. The fourth-order valence-electron chi connectivity index (χ4n) is 4.25. The van der Waals surface area contributed by atoms with Crippen molar-refractivity contribution in [3.63, 3.8) is 0 Å². The van der Waals surface area contributed by atoms with Crippen molar-refractivity contribution in [2.45, 2.75) is 45.1 Å². The van der Waals surface area contributed by atoms with Crippen molar-refractivity contribution in [3.05, 3.63) is 40.7 Å². The van der Waals surface area contributed by atoms with Crippen molar-refractivity contribution in [1.29, 1.82) is 0 Å². The number of hydrogen-bond acceptors (Lipinski definition) is 7. The van der Waals surface area contributed by atoms with Crippen LogP contribution in [0, 0.1) is 6.92 Å². The largest absolute Gasteiger partial charge is 0.455 e. The van der Waals surface area contributed by atoms with Crippen LogP contribution in [0.3, 0.4) is 0 Å². The minimum Gasteiger partial charge on any atom is -0.455 e. The molecule has 1 aliphatic heterocycles. The molecule has 2 aliphatic rings. The van der Waals surface area contributed by atoms with Gasteiger partial charge in [0.05, 0.1) is 49.9 Å². The zero-order valence-corrected chi connectivity index (χ0v) is 18.4. The maximum Gasteiger partial charge on any atom is 0.420 e. The Morgan fingerprint density at radius 1 is 1.24 bits per heavy atom. The zero-order valence-electron chi connectivity index (χ0n) is 18.4. The van der Waals surface area contributed by atoms with Crippen LogP contribution in [0.4, 0.5) is 13.2 Å². The van der Waals surface area contributed by atoms with Gasteiger partial charge in [0.1, 0.15) is 17.4 Å². The number of hydrogen-bond donors (Lipinski definition) is 1. The molecule has 1 aliphatic carbocycles. The number of aryl methyl sites for hydroxylation is 3. The van der Waals surface area contributed by atoms with Crippen molar-refractivity contribution in [2.75, 3.05) is 26.4 Å². The standard InChI is InChI=1S/C21H23F3N6O4/c1-12-8-29(28-26-12)5-4-25-20(31)19-17(21(22,23)24)16-15(34-19)3-2-13-9-30(27-18(13)16)10-14-11-32-6-7-33-14/h8-9,14H,2-7,10-11H2,1H3,(H,25,31)/t14-/m0/s1. The number of nitrogens with zero attached hydrogens (tertiary/aromatic N) is 5. The van der Waals surface area contributed by atoms with E-state index in [4.69, 9.17) is 13.9 Å². The molecule has 0 unspecified atom stereocenters. The molecule has 0 radical (unpaired) electrons. The van der Waals surface area contributed by atoms with Crippen LogP contribution in [0.15, 0.2) is 16.8 Å². The number of nitrogens with one attached hydrogen (secondary N) is 1. The molecule has 0 bridgehead atoms. The number of aromatic nitrogens is 5. The van der Waals surface area contributed by atoms with Crippen LogP contribution in [-0.2, 0) is 41.6 Å². The second kappa shape index (κ2) is 8.87. The zero-order chi connectivity index (χ0) is 23.9. The van der Waals surface area contributed by atoms with Crippen molar-refractivity contribution in [1.82, 2.24) is 30.1 Å². The first-order valence-corrected chi connectivity index (χ1v) is 10.9. The number of furan rings is 1. The molecule has 0 aromatic carbocycles. The Bertz CT molecular complexity index is 1190. The highest BCUT2D eigenvalue weighted by molar-refractivity contribution is 5.96. The minimum atomic E-state index is -4.80. The highest BCUT2D eigenvalue weighted by Crippen LogP contribution is 2.46. The van der Waals surface area contributed by atoms with E-state index < -0.39 is 23.4 Å². The van der Waals surface area contributed by atoms with Crippen molar-refractivity contribution in [2.24, 2.45) is 0 Å². The third kappa shape index (κ3) is 4.44. The molecule has 5 rings (SSSR count). The first kappa shape index (κ1) is 22.6. The van der Waals surface area contributed by atoms with Gasteiger partial charge in [0.15, 0.2) is 0 Å². The number of fused-ring (bicyclic) bond motifs is 3. The van der Waals surface area contributed by atoms with E-state index in [0.717, 1.165) is 0 Å². The van der Waals surface area contributed by atoms with E-state index in [0.29, 0.717) is 44.0 Å². The molecule has 10 nitrogen and oxygen atoms in total. The first-order valence-electron chi connectivity index (χ1n) is 10.9. The summed E-state index contributed by atoms with van der Waals surface area (Å²) in [5.74, 6) is -1.58. The number of carbonyl (C=O) groups excluding carboxylic acids is 1. The fraction of sp³-hybridized carbons (Fsp3) is 0.524. The van der Waals surface area contributed by atoms with Gasteiger partial charge in [-0.3, -0.25) is 14.2 Å². The maximum absolute atomic E-state index is 14.2. The third-order valence-electron chi connectivity index (χ3n) is 5.72. The number of amides is 1. The Balaban J connectivity index is 1.40. The van der Waals surface area contributed by atoms with Gasteiger partial charge in [0, 0.05) is 25.4 Å². The molecule has 182 valence electrons. The second-order valence-electron chi connectivity index (χ2n) is 8.27. The van der Waals surface area contributed by atoms with Gasteiger partial charge in [-0.2, -0.15) is 18.3 Å². The van der Waals surface area contributed by atoms with Gasteiger partial charge < -0.3 is 19.2 Å². The van der Waals surface area contributed by atoms with E-state index in [1.165, 1.54) is 4.68 Å². The van der Waals surface area contributed by atoms with Gasteiger partial charge in [0.25, 0.3) is 5.91 Å². The summed E-state index contributed by atoms with van der Waals surface area (Å²) in [6, 6.07) is 0. The summed E-state index contributed by atoms with van der Waals surface area (Å²) in [6.07, 6.45) is -0.931. The van der Waals surface area contributed by atoms with Gasteiger partial charge in [-0.15, -0.1) is 5.10 Å². The number of carbonyl (C=O) groups is 1. The van der Waals surface area contributed by atoms with Gasteiger partial charge in [0.2, 0.25) is 5.76 Å². The second-order valence-corrected chi connectivity index (χ2v) is 8.27. The van der Waals surface area contributed by atoms with E-state index in [2.05, 4.69) is 20.7 Å². The quantitative estimate of drug-likeness (QED) is 0.575. The Kier molecular flexibility index (Phi) is 5.90. The van der Waals surface area contributed by atoms with Gasteiger partial charge in [-0.05, 0) is 18.9 Å². The highest BCUT2D eigenvalue weighted by atomic mass is 19.4. The predicted octanol–water partition coefficient (Wildman–Crippen LogP) is 2.01. The molecule has 34 heavy (non-hydrogen) atoms. The molecule has 1 saturated heterocycles. The summed E-state index contributed by atoms with van der Waals surface area (Å²) in [7, 11) is 0. The molecular formula is C21H23F3N6O4. The molecule has 1 N–H and O–H groups in total. The fourth-order valence-corrected chi connectivity index (χ4v) is 4.25. The topological polar surface area (TPSA) is 109 Å². The summed E-state index contributed by atoms with van der Waals surface area (Å²) in [5, 5.41) is 14.6. The molecule has 1 amide bonds. The van der Waals surface area contributed by atoms with E-state index in [1.54, 1.807) is 24.0 Å². The van der Waals surface area contributed by atoms with Crippen molar-refractivity contribution in [3.8, 4) is 11.3 Å². The molecule has 0 saturated carbocycles. The first-order chi connectivity index (χ1) is 16.3. The van der Waals surface area contributed by atoms with Crippen LogP contribution in [0.25, 0.3) is 11.3 Å². The Morgan fingerprint density at radius 3 is 2.79 bits per heavy atom. The van der Waals surface area contributed by atoms with E-state index in [9.17, 15) is 18.0 Å². The molecule has 3 aromatic rings. The highest BCUT2D eigenvalue weighted by Gasteiger charge is 2.45. The lowest BCUT2D eigenvalue weighted by Crippen LogP contribution is -2.32. The van der Waals surface area contributed by atoms with Crippen LogP contribution < -0.4 is 5.32 Å². The normalized spacial score (nSPS) is 17.9. The van der Waals surface area contributed by atoms with Crippen molar-refractivity contribution < 1.29 is 31.9 Å². The minimum absolute atomic E-state index is 0.0631. The molecule has 1 atom stereocenters. The van der Waals surface area contributed by atoms with Crippen LogP contribution in [-0.4, -0.2) is 63.2 Å². The summed E-state index contributed by atoms with van der Waals surface area (Å²) < 4.78 is 62.0. The number of halogens is 3. The van der Waals surface area contributed by atoms with Crippen LogP contribution >= 0.6 is 0 Å². The maximum atomic E-state index is 14.2. The lowest BCUT2D eigenvalue weighted by molar-refractivity contribution is -0.137. The lowest BCUT2D eigenvalue weighted by Gasteiger charge is -2.22. The SMILES string of the molecule is Cc1cn(CCNC(=O)c2oc3c(c2C(F)(F)F)-c2nn(C[C@H]4COCCO4)cc2CC3)nn1. The van der Waals surface area contributed by atoms with E-state index in [-0.39, 0.29) is 42.6 Å². The molecule has 13 heteroatoms. The van der Waals surface area contributed by atoms with E-state index >= 15 is 0 Å². The van der Waals surface area contributed by atoms with Gasteiger partial charge in [-0.1, -0.05) is 5.21 Å². The van der Waals surface area contributed by atoms with E-state index in [1.807, 2.05) is 0 Å². The Hall–Kier alpha value is -3.19. The van der Waals surface area contributed by atoms with Crippen LogP contribution in [0.1, 0.15) is 33.1 Å². The van der Waals surface area contributed by atoms with Gasteiger partial charge in [-0.25, -0.2) is 0 Å². The predicted molar refractivity (Wildman–Crippen MR) is 110 cm³/mol. The molecule has 4 heterocycles. The summed E-state index contributed by atoms with van der Waals surface area (Å²) >= 11 is 0. The molecule has 3 aromatic heterocycles. The average Bonchev–Trinajstić information content (AvgIpc) is 3.49. The molecular weight excluding hydrogens is 457 g/mol. The molecule has 0 spiro atoms. The lowest BCUT2D eigenvalue weighted by atomic mass is 9.93. The van der Waals surface area contributed by atoms with Crippen LogP contribution in [0.2, 0.25) is 0 Å². The number of alkyl halides is 3. The third-order valence-corrected chi connectivity index (χ3v) is 5.72. The molecule has 1 fully saturated rings. The summed E-state index contributed by atoms with van der Waals surface area (Å²) in [6.45, 7) is 3.82. The smallest absolute Gasteiger partial charge is 0.420 e. The van der Waals surface area contributed by atoms with Gasteiger partial charge >= 0.3 is 6.18 Å². The Labute approximate surface area is 192 Å².